The third-order valence-electron chi connectivity index (χ3n) is 7.45. The highest BCUT2D eigenvalue weighted by atomic mass is 16.5. The van der Waals surface area contributed by atoms with Crippen LogP contribution in [-0.4, -0.2) is 52.0 Å². The number of aromatic nitrogens is 3. The maximum Gasteiger partial charge on any atom is 0.350 e. The number of nitrogens with one attached hydrogen (secondary N) is 1. The van der Waals surface area contributed by atoms with Crippen LogP contribution in [0, 0.1) is 11.8 Å². The highest BCUT2D eigenvalue weighted by molar-refractivity contribution is 5.84. The van der Waals surface area contributed by atoms with Crippen LogP contribution in [0.4, 0.5) is 5.69 Å². The summed E-state index contributed by atoms with van der Waals surface area (Å²) >= 11 is 0. The molecule has 1 fully saturated rings. The first-order chi connectivity index (χ1) is 18.8. The molecule has 0 saturated carbocycles. The molecule has 2 aromatic carbocycles. The fourth-order valence-corrected chi connectivity index (χ4v) is 5.08. The van der Waals surface area contributed by atoms with Gasteiger partial charge in [-0.1, -0.05) is 44.2 Å². The number of rotatable bonds is 10. The van der Waals surface area contributed by atoms with Gasteiger partial charge in [0.15, 0.2) is 0 Å². The predicted octanol–water partition coefficient (Wildman–Crippen LogP) is 3.95. The minimum atomic E-state index is -0.614. The first-order valence-electron chi connectivity index (χ1n) is 13.8. The summed E-state index contributed by atoms with van der Waals surface area (Å²) in [6.45, 7) is 9.52. The van der Waals surface area contributed by atoms with Crippen molar-refractivity contribution < 1.29 is 14.3 Å². The van der Waals surface area contributed by atoms with Crippen LogP contribution >= 0.6 is 0 Å². The second kappa shape index (κ2) is 12.8. The zero-order chi connectivity index (χ0) is 27.9. The van der Waals surface area contributed by atoms with E-state index in [1.165, 1.54) is 4.68 Å². The van der Waals surface area contributed by atoms with Crippen LogP contribution < -0.4 is 15.9 Å². The number of benzene rings is 2. The standard InChI is InChI=1S/C30H39N5O4/c1-5-39-29(37)28(21(2)3)32-27(36)19-23-15-17-33(18-16-23)25-11-13-26(14-12-25)34-20-31-35(30(34)38)22(4)24-9-7-6-8-10-24/h6-14,20-23,28H,5,15-19H2,1-4H3,(H,32,36)/t22?,28-/m0/s1. The van der Waals surface area contributed by atoms with E-state index in [9.17, 15) is 14.4 Å². The molecule has 1 amide bonds. The van der Waals surface area contributed by atoms with Gasteiger partial charge in [-0.25, -0.2) is 18.8 Å². The molecular weight excluding hydrogens is 494 g/mol. The number of carbonyl (C=O) groups excluding carboxylic acids is 2. The molecular formula is C30H39N5O4. The summed E-state index contributed by atoms with van der Waals surface area (Å²) in [6, 6.07) is 17.0. The Labute approximate surface area is 229 Å². The van der Waals surface area contributed by atoms with Gasteiger partial charge in [0.1, 0.15) is 12.4 Å². The average Bonchev–Trinajstić information content (AvgIpc) is 3.33. The van der Waals surface area contributed by atoms with Crippen LogP contribution in [0.15, 0.2) is 65.7 Å². The van der Waals surface area contributed by atoms with Crippen molar-refractivity contribution in [2.45, 2.75) is 59.0 Å². The molecule has 0 bridgehead atoms. The fraction of sp³-hybridized carbons (Fsp3) is 0.467. The first kappa shape index (κ1) is 28.1. The summed E-state index contributed by atoms with van der Waals surface area (Å²) in [4.78, 5) is 40.2. The van der Waals surface area contributed by atoms with Gasteiger partial charge in [-0.05, 0) is 68.4 Å². The van der Waals surface area contributed by atoms with E-state index in [-0.39, 0.29) is 35.4 Å². The van der Waals surface area contributed by atoms with Gasteiger partial charge >= 0.3 is 11.7 Å². The van der Waals surface area contributed by atoms with Crippen molar-refractivity contribution in [2.24, 2.45) is 11.8 Å². The number of hydrogen-bond donors (Lipinski definition) is 1. The SMILES string of the molecule is CCOC(=O)[C@@H](NC(=O)CC1CCN(c2ccc(-n3cnn(C(C)c4ccccc4)c3=O)cc2)CC1)C(C)C. The molecule has 1 aromatic heterocycles. The van der Waals surface area contributed by atoms with Gasteiger partial charge in [-0.3, -0.25) is 4.79 Å². The first-order valence-corrected chi connectivity index (χ1v) is 13.8. The lowest BCUT2D eigenvalue weighted by molar-refractivity contribution is -0.148. The van der Waals surface area contributed by atoms with E-state index in [1.54, 1.807) is 17.8 Å². The maximum atomic E-state index is 13.1. The van der Waals surface area contributed by atoms with Crippen molar-refractivity contribution in [3.63, 3.8) is 0 Å². The molecule has 9 nitrogen and oxygen atoms in total. The van der Waals surface area contributed by atoms with Crippen molar-refractivity contribution in [1.82, 2.24) is 19.7 Å². The molecule has 1 aliphatic heterocycles. The molecule has 208 valence electrons. The van der Waals surface area contributed by atoms with E-state index < -0.39 is 6.04 Å². The number of nitrogens with zero attached hydrogens (tertiary/aromatic N) is 4. The van der Waals surface area contributed by atoms with Gasteiger partial charge in [0.2, 0.25) is 5.91 Å². The van der Waals surface area contributed by atoms with Gasteiger partial charge in [0.25, 0.3) is 0 Å². The van der Waals surface area contributed by atoms with Gasteiger partial charge in [-0.2, -0.15) is 5.10 Å². The fourth-order valence-electron chi connectivity index (χ4n) is 5.08. The molecule has 9 heteroatoms. The van der Waals surface area contributed by atoms with Crippen LogP contribution in [0.5, 0.6) is 0 Å². The van der Waals surface area contributed by atoms with E-state index >= 15 is 0 Å². The molecule has 3 aromatic rings. The quantitative estimate of drug-likeness (QED) is 0.396. The van der Waals surface area contributed by atoms with E-state index in [2.05, 4.69) is 15.3 Å². The molecule has 1 aliphatic rings. The molecule has 0 spiro atoms. The van der Waals surface area contributed by atoms with Gasteiger partial charge in [0.05, 0.1) is 18.3 Å². The lowest BCUT2D eigenvalue weighted by atomic mass is 9.92. The summed E-state index contributed by atoms with van der Waals surface area (Å²) < 4.78 is 8.17. The van der Waals surface area contributed by atoms with Crippen molar-refractivity contribution >= 4 is 17.6 Å². The van der Waals surface area contributed by atoms with Crippen molar-refractivity contribution in [3.8, 4) is 5.69 Å². The molecule has 39 heavy (non-hydrogen) atoms. The number of amides is 1. The predicted molar refractivity (Wildman–Crippen MR) is 151 cm³/mol. The number of piperidine rings is 1. The summed E-state index contributed by atoms with van der Waals surface area (Å²) in [5, 5.41) is 7.23. The third kappa shape index (κ3) is 6.77. The third-order valence-corrected chi connectivity index (χ3v) is 7.45. The Bertz CT molecular complexity index is 1290. The Kier molecular flexibility index (Phi) is 9.22. The van der Waals surface area contributed by atoms with Crippen molar-refractivity contribution in [1.29, 1.82) is 0 Å². The van der Waals surface area contributed by atoms with Crippen LogP contribution in [0.3, 0.4) is 0 Å². The second-order valence-electron chi connectivity index (χ2n) is 10.5. The summed E-state index contributed by atoms with van der Waals surface area (Å²) in [6.07, 6.45) is 3.76. The summed E-state index contributed by atoms with van der Waals surface area (Å²) in [5.74, 6) is -0.238. The van der Waals surface area contributed by atoms with Crippen LogP contribution in [0.2, 0.25) is 0 Å². The number of esters is 1. The Morgan fingerprint density at radius 1 is 1.00 bits per heavy atom. The van der Waals surface area contributed by atoms with Gasteiger partial charge in [0, 0.05) is 25.2 Å². The molecule has 1 saturated heterocycles. The Morgan fingerprint density at radius 3 is 2.26 bits per heavy atom. The average molecular weight is 534 g/mol. The normalized spacial score (nSPS) is 15.7. The van der Waals surface area contributed by atoms with E-state index in [4.69, 9.17) is 4.74 Å². The number of ether oxygens (including phenoxy) is 1. The number of anilines is 1. The Hall–Kier alpha value is -3.88. The zero-order valence-electron chi connectivity index (χ0n) is 23.2. The second-order valence-corrected chi connectivity index (χ2v) is 10.5. The molecule has 1 N–H and O–H groups in total. The monoisotopic (exact) mass is 533 g/mol. The van der Waals surface area contributed by atoms with Crippen LogP contribution in [-0.2, 0) is 14.3 Å². The van der Waals surface area contributed by atoms with E-state index in [0.29, 0.717) is 13.0 Å². The minimum Gasteiger partial charge on any atom is -0.464 e. The highest BCUT2D eigenvalue weighted by Gasteiger charge is 2.28. The minimum absolute atomic E-state index is 0.0321. The lowest BCUT2D eigenvalue weighted by Gasteiger charge is -2.33. The number of carbonyl (C=O) groups is 2. The lowest BCUT2D eigenvalue weighted by Crippen LogP contribution is -2.46. The molecule has 4 rings (SSSR count). The van der Waals surface area contributed by atoms with E-state index in [0.717, 1.165) is 42.9 Å². The summed E-state index contributed by atoms with van der Waals surface area (Å²) in [5.41, 5.74) is 2.70. The zero-order valence-corrected chi connectivity index (χ0v) is 23.2. The van der Waals surface area contributed by atoms with Gasteiger partial charge < -0.3 is 15.0 Å². The number of hydrogen-bond acceptors (Lipinski definition) is 6. The van der Waals surface area contributed by atoms with E-state index in [1.807, 2.05) is 75.4 Å². The van der Waals surface area contributed by atoms with Crippen molar-refractivity contribution in [2.75, 3.05) is 24.6 Å². The molecule has 2 heterocycles. The maximum absolute atomic E-state index is 13.1. The van der Waals surface area contributed by atoms with Crippen LogP contribution in [0.25, 0.3) is 5.69 Å². The molecule has 1 unspecified atom stereocenters. The van der Waals surface area contributed by atoms with Gasteiger partial charge in [-0.15, -0.1) is 0 Å². The Morgan fingerprint density at radius 2 is 1.64 bits per heavy atom. The Balaban J connectivity index is 1.32. The van der Waals surface area contributed by atoms with Crippen LogP contribution in [0.1, 0.15) is 58.6 Å². The van der Waals surface area contributed by atoms with Crippen molar-refractivity contribution in [3.05, 3.63) is 77.0 Å². The largest absolute Gasteiger partial charge is 0.464 e. The molecule has 0 aliphatic carbocycles. The molecule has 2 atom stereocenters. The molecule has 0 radical (unpaired) electrons. The topological polar surface area (TPSA) is 98.5 Å². The highest BCUT2D eigenvalue weighted by Crippen LogP contribution is 2.26. The smallest absolute Gasteiger partial charge is 0.350 e. The summed E-state index contributed by atoms with van der Waals surface area (Å²) in [7, 11) is 0.